The lowest BCUT2D eigenvalue weighted by molar-refractivity contribution is 0.353. The van der Waals surface area contributed by atoms with E-state index < -0.39 is 0 Å². The molecule has 0 fully saturated rings. The lowest BCUT2D eigenvalue weighted by atomic mass is 9.95. The first-order valence-corrected chi connectivity index (χ1v) is 6.25. The van der Waals surface area contributed by atoms with Crippen molar-refractivity contribution >= 4 is 0 Å². The van der Waals surface area contributed by atoms with Crippen LogP contribution in [-0.2, 0) is 0 Å². The Morgan fingerprint density at radius 2 is 2.13 bits per heavy atom. The van der Waals surface area contributed by atoms with Crippen LogP contribution in [0.2, 0.25) is 0 Å². The Balaban J connectivity index is 2.40. The fraction of sp³-hybridized carbons (Fsp3) is 0.769. The van der Waals surface area contributed by atoms with Crippen molar-refractivity contribution in [2.24, 2.45) is 5.92 Å². The summed E-state index contributed by atoms with van der Waals surface area (Å²) in [4.78, 5) is 4.12. The van der Waals surface area contributed by atoms with Crippen molar-refractivity contribution in [1.82, 2.24) is 9.55 Å². The maximum atomic E-state index is 4.12. The molecule has 2 atom stereocenters. The van der Waals surface area contributed by atoms with Crippen LogP contribution in [0.4, 0.5) is 0 Å². The van der Waals surface area contributed by atoms with Gasteiger partial charge in [-0.2, -0.15) is 0 Å². The molecule has 0 saturated heterocycles. The van der Waals surface area contributed by atoms with E-state index in [-0.39, 0.29) is 0 Å². The van der Waals surface area contributed by atoms with E-state index in [9.17, 15) is 0 Å². The van der Waals surface area contributed by atoms with Crippen LogP contribution in [0.3, 0.4) is 0 Å². The Kier molecular flexibility index (Phi) is 5.44. The summed E-state index contributed by atoms with van der Waals surface area (Å²) < 4.78 is 2.25. The summed E-state index contributed by atoms with van der Waals surface area (Å²) >= 11 is 0. The first-order valence-electron chi connectivity index (χ1n) is 6.25. The third kappa shape index (κ3) is 4.06. The third-order valence-corrected chi connectivity index (χ3v) is 3.14. The van der Waals surface area contributed by atoms with E-state index in [1.807, 2.05) is 12.5 Å². The molecule has 1 aromatic rings. The first kappa shape index (κ1) is 12.3. The number of imidazole rings is 1. The molecule has 0 N–H and O–H groups in total. The normalized spacial score (nSPS) is 15.1. The van der Waals surface area contributed by atoms with E-state index in [1.165, 1.54) is 32.1 Å². The average Bonchev–Trinajstić information content (AvgIpc) is 2.76. The summed E-state index contributed by atoms with van der Waals surface area (Å²) in [5.74, 6) is 0.831. The molecule has 0 radical (unpaired) electrons. The molecule has 0 aliphatic heterocycles. The molecule has 0 bridgehead atoms. The topological polar surface area (TPSA) is 17.8 Å². The van der Waals surface area contributed by atoms with E-state index in [1.54, 1.807) is 0 Å². The highest BCUT2D eigenvalue weighted by molar-refractivity contribution is 4.80. The summed E-state index contributed by atoms with van der Waals surface area (Å²) in [5, 5.41) is 0. The highest BCUT2D eigenvalue weighted by Crippen LogP contribution is 2.23. The van der Waals surface area contributed by atoms with E-state index in [0.29, 0.717) is 6.04 Å². The lowest BCUT2D eigenvalue weighted by Crippen LogP contribution is -2.10. The van der Waals surface area contributed by atoms with Gasteiger partial charge in [-0.15, -0.1) is 0 Å². The predicted molar refractivity (Wildman–Crippen MR) is 64.9 cm³/mol. The highest BCUT2D eigenvalue weighted by Gasteiger charge is 2.12. The third-order valence-electron chi connectivity index (χ3n) is 3.14. The van der Waals surface area contributed by atoms with Crippen LogP contribution in [0.25, 0.3) is 0 Å². The minimum Gasteiger partial charge on any atom is -0.334 e. The first-order chi connectivity index (χ1) is 7.27. The summed E-state index contributed by atoms with van der Waals surface area (Å²) in [6.07, 6.45) is 12.4. The summed E-state index contributed by atoms with van der Waals surface area (Å²) in [6.45, 7) is 6.90. The second-order valence-electron chi connectivity index (χ2n) is 4.56. The highest BCUT2D eigenvalue weighted by atomic mass is 15.0. The van der Waals surface area contributed by atoms with Gasteiger partial charge in [-0.05, 0) is 18.8 Å². The van der Waals surface area contributed by atoms with E-state index in [2.05, 4.69) is 36.5 Å². The van der Waals surface area contributed by atoms with Gasteiger partial charge in [-0.1, -0.05) is 40.0 Å². The summed E-state index contributed by atoms with van der Waals surface area (Å²) in [7, 11) is 0. The molecule has 2 unspecified atom stereocenters. The van der Waals surface area contributed by atoms with Crippen LogP contribution in [0.1, 0.15) is 58.9 Å². The molecule has 0 amide bonds. The molecule has 0 aromatic carbocycles. The van der Waals surface area contributed by atoms with Crippen LogP contribution in [0, 0.1) is 5.92 Å². The number of nitrogens with zero attached hydrogens (tertiary/aromatic N) is 2. The van der Waals surface area contributed by atoms with Gasteiger partial charge in [0.05, 0.1) is 6.33 Å². The van der Waals surface area contributed by atoms with Gasteiger partial charge in [0.15, 0.2) is 0 Å². The van der Waals surface area contributed by atoms with Crippen molar-refractivity contribution < 1.29 is 0 Å². The minimum atomic E-state index is 0.638. The Morgan fingerprint density at radius 3 is 2.67 bits per heavy atom. The lowest BCUT2D eigenvalue weighted by Gasteiger charge is -2.20. The van der Waals surface area contributed by atoms with Gasteiger partial charge in [0, 0.05) is 18.4 Å². The van der Waals surface area contributed by atoms with Crippen molar-refractivity contribution in [3.63, 3.8) is 0 Å². The van der Waals surface area contributed by atoms with E-state index in [4.69, 9.17) is 0 Å². The van der Waals surface area contributed by atoms with Gasteiger partial charge in [-0.25, -0.2) is 4.98 Å². The van der Waals surface area contributed by atoms with Crippen LogP contribution in [0.5, 0.6) is 0 Å². The van der Waals surface area contributed by atoms with Crippen LogP contribution in [0.15, 0.2) is 18.7 Å². The number of hydrogen-bond acceptors (Lipinski definition) is 1. The van der Waals surface area contributed by atoms with Gasteiger partial charge >= 0.3 is 0 Å². The molecule has 0 aliphatic rings. The Morgan fingerprint density at radius 1 is 1.33 bits per heavy atom. The number of unbranched alkanes of at least 4 members (excludes halogenated alkanes) is 1. The zero-order chi connectivity index (χ0) is 11.1. The standard InChI is InChI=1S/C13H24N2/c1-4-6-7-12(3)10-13(5-2)15-9-8-14-11-15/h8-9,11-13H,4-7,10H2,1-3H3. The molecule has 1 rings (SSSR count). The average molecular weight is 208 g/mol. The molecule has 2 heteroatoms. The van der Waals surface area contributed by atoms with E-state index >= 15 is 0 Å². The summed E-state index contributed by atoms with van der Waals surface area (Å²) in [5.41, 5.74) is 0. The number of aromatic nitrogens is 2. The smallest absolute Gasteiger partial charge is 0.0948 e. The number of rotatable bonds is 7. The molecule has 86 valence electrons. The number of hydrogen-bond donors (Lipinski definition) is 0. The van der Waals surface area contributed by atoms with Crippen LogP contribution < -0.4 is 0 Å². The van der Waals surface area contributed by atoms with Crippen LogP contribution in [-0.4, -0.2) is 9.55 Å². The largest absolute Gasteiger partial charge is 0.334 e. The Hall–Kier alpha value is -0.790. The van der Waals surface area contributed by atoms with Crippen molar-refractivity contribution in [3.8, 4) is 0 Å². The molecular formula is C13H24N2. The minimum absolute atomic E-state index is 0.638. The van der Waals surface area contributed by atoms with Gasteiger partial charge in [0.1, 0.15) is 0 Å². The second-order valence-corrected chi connectivity index (χ2v) is 4.56. The molecule has 0 saturated carbocycles. The predicted octanol–water partition coefficient (Wildman–Crippen LogP) is 4.05. The van der Waals surface area contributed by atoms with Gasteiger partial charge in [-0.3, -0.25) is 0 Å². The SMILES string of the molecule is CCCCC(C)CC(CC)n1ccnc1. The molecule has 15 heavy (non-hydrogen) atoms. The fourth-order valence-corrected chi connectivity index (χ4v) is 2.12. The Labute approximate surface area is 93.7 Å². The molecule has 2 nitrogen and oxygen atoms in total. The maximum Gasteiger partial charge on any atom is 0.0948 e. The van der Waals surface area contributed by atoms with Crippen molar-refractivity contribution in [2.45, 2.75) is 58.9 Å². The van der Waals surface area contributed by atoms with E-state index in [0.717, 1.165) is 5.92 Å². The molecule has 1 heterocycles. The van der Waals surface area contributed by atoms with Gasteiger partial charge in [0.25, 0.3) is 0 Å². The van der Waals surface area contributed by atoms with Gasteiger partial charge in [0.2, 0.25) is 0 Å². The molecule has 1 aromatic heterocycles. The zero-order valence-corrected chi connectivity index (χ0v) is 10.3. The summed E-state index contributed by atoms with van der Waals surface area (Å²) in [6, 6.07) is 0.638. The van der Waals surface area contributed by atoms with Crippen molar-refractivity contribution in [3.05, 3.63) is 18.7 Å². The Bertz CT molecular complexity index is 241. The molecule has 0 aliphatic carbocycles. The van der Waals surface area contributed by atoms with Crippen molar-refractivity contribution in [2.75, 3.05) is 0 Å². The van der Waals surface area contributed by atoms with Crippen LogP contribution >= 0.6 is 0 Å². The van der Waals surface area contributed by atoms with Gasteiger partial charge < -0.3 is 4.57 Å². The van der Waals surface area contributed by atoms with Crippen molar-refractivity contribution in [1.29, 1.82) is 0 Å². The second kappa shape index (κ2) is 6.65. The monoisotopic (exact) mass is 208 g/mol. The zero-order valence-electron chi connectivity index (χ0n) is 10.3. The molecule has 0 spiro atoms. The maximum absolute atomic E-state index is 4.12. The quantitative estimate of drug-likeness (QED) is 0.661. The molecular weight excluding hydrogens is 184 g/mol. The fourth-order valence-electron chi connectivity index (χ4n) is 2.12.